The summed E-state index contributed by atoms with van der Waals surface area (Å²) in [7, 11) is -9.91. The maximum absolute atomic E-state index is 13.1. The van der Waals surface area contributed by atoms with Crippen LogP contribution in [-0.4, -0.2) is 96.7 Å². The topological polar surface area (TPSA) is 237 Å². The van der Waals surface area contributed by atoms with E-state index >= 15 is 0 Å². The van der Waals surface area contributed by atoms with Gasteiger partial charge in [0.2, 0.25) is 0 Å². The summed E-state index contributed by atoms with van der Waals surface area (Å²) in [6, 6.07) is 0. The molecule has 0 heterocycles. The quantitative estimate of drug-likeness (QED) is 0.0222. The third kappa shape index (κ3) is 72.4. The van der Waals surface area contributed by atoms with Gasteiger partial charge in [0.15, 0.2) is 12.2 Å². The minimum atomic E-state index is -4.96. The van der Waals surface area contributed by atoms with Crippen LogP contribution in [0.25, 0.3) is 0 Å². The Morgan fingerprint density at radius 3 is 0.694 bits per heavy atom. The maximum Gasteiger partial charge on any atom is 0.472 e. The standard InChI is InChI=1S/C79H154O17P2/c1-6-9-12-15-18-21-24-26-28-30-31-32-34-36-38-44-49-54-59-64-78(83)95-75(69-90-77(82)63-58-53-48-43-37-35-33-29-27-25-22-19-16-13-10-7-2)71-94-98(87,88)92-67-73(80)66-91-97(85,86)93-70-74(68-89-76(81)62-57-52-47-42-23-20-17-14-11-8-3)96-79(84)65-60-55-50-45-40-39-41-46-51-56-61-72(4)5/h72-75,80H,6-71H2,1-5H3,(H,85,86)(H,87,88)/t73-,74+,75+/m0/s1. The highest BCUT2D eigenvalue weighted by Gasteiger charge is 2.30. The summed E-state index contributed by atoms with van der Waals surface area (Å²) in [6.07, 6.45) is 62.4. The van der Waals surface area contributed by atoms with Crippen LogP contribution in [0.5, 0.6) is 0 Å². The number of phosphoric ester groups is 2. The highest BCUT2D eigenvalue weighted by atomic mass is 31.2. The minimum absolute atomic E-state index is 0.107. The molecule has 0 aliphatic carbocycles. The highest BCUT2D eigenvalue weighted by molar-refractivity contribution is 7.47. The third-order valence-electron chi connectivity index (χ3n) is 18.5. The monoisotopic (exact) mass is 1440 g/mol. The van der Waals surface area contributed by atoms with Gasteiger partial charge < -0.3 is 33.8 Å². The van der Waals surface area contributed by atoms with Crippen molar-refractivity contribution >= 4 is 39.5 Å². The summed E-state index contributed by atoms with van der Waals surface area (Å²) in [5, 5.41) is 10.6. The molecule has 19 heteroatoms. The molecule has 17 nitrogen and oxygen atoms in total. The van der Waals surface area contributed by atoms with Gasteiger partial charge in [0.25, 0.3) is 0 Å². The average Bonchev–Trinajstić information content (AvgIpc) is 2.50. The van der Waals surface area contributed by atoms with Crippen LogP contribution in [0.2, 0.25) is 0 Å². The third-order valence-corrected chi connectivity index (χ3v) is 20.4. The smallest absolute Gasteiger partial charge is 0.462 e. The summed E-state index contributed by atoms with van der Waals surface area (Å²) in [5.74, 6) is -1.36. The molecule has 0 spiro atoms. The normalized spacial score (nSPS) is 13.9. The van der Waals surface area contributed by atoms with Crippen molar-refractivity contribution in [3.63, 3.8) is 0 Å². The molecular formula is C79H154O17P2. The number of aliphatic hydroxyl groups excluding tert-OH is 1. The molecular weight excluding hydrogens is 1280 g/mol. The van der Waals surface area contributed by atoms with Crippen molar-refractivity contribution in [3.05, 3.63) is 0 Å². The number of esters is 4. The lowest BCUT2D eigenvalue weighted by Crippen LogP contribution is -2.30. The summed E-state index contributed by atoms with van der Waals surface area (Å²) < 4.78 is 68.6. The summed E-state index contributed by atoms with van der Waals surface area (Å²) >= 11 is 0. The molecule has 0 amide bonds. The van der Waals surface area contributed by atoms with Gasteiger partial charge in [0.05, 0.1) is 26.4 Å². The number of carbonyl (C=O) groups excluding carboxylic acids is 4. The average molecular weight is 1440 g/mol. The van der Waals surface area contributed by atoms with Crippen LogP contribution in [0, 0.1) is 5.92 Å². The van der Waals surface area contributed by atoms with E-state index in [-0.39, 0.29) is 25.7 Å². The SMILES string of the molecule is CCCCCCCCCCCCCCCCCCCCCC(=O)O[C@H](COC(=O)CCCCCCCCCCCCCCCCCC)COP(=O)(O)OC[C@@H](O)COP(=O)(O)OC[C@@H](COC(=O)CCCCCCCCCCCC)OC(=O)CCCCCCCCCCCCC(C)C. The van der Waals surface area contributed by atoms with Crippen LogP contribution >= 0.6 is 15.6 Å². The zero-order valence-electron chi connectivity index (χ0n) is 63.9. The molecule has 0 saturated heterocycles. The largest absolute Gasteiger partial charge is 0.472 e. The van der Waals surface area contributed by atoms with E-state index in [1.54, 1.807) is 0 Å². The van der Waals surface area contributed by atoms with E-state index in [4.69, 9.17) is 37.0 Å². The van der Waals surface area contributed by atoms with Crippen LogP contribution in [0.1, 0.15) is 420 Å². The van der Waals surface area contributed by atoms with Crippen molar-refractivity contribution in [3.8, 4) is 0 Å². The maximum atomic E-state index is 13.1. The van der Waals surface area contributed by atoms with Crippen LogP contribution < -0.4 is 0 Å². The van der Waals surface area contributed by atoms with Gasteiger partial charge in [-0.25, -0.2) is 9.13 Å². The first kappa shape index (κ1) is 96.1. The molecule has 0 rings (SSSR count). The molecule has 0 aliphatic rings. The fourth-order valence-electron chi connectivity index (χ4n) is 12.2. The Labute approximate surface area is 600 Å². The first-order valence-electron chi connectivity index (χ1n) is 41.1. The molecule has 0 bridgehead atoms. The Hall–Kier alpha value is -1.94. The van der Waals surface area contributed by atoms with Gasteiger partial charge in [-0.1, -0.05) is 369 Å². The number of unbranched alkanes of at least 4 members (excludes halogenated alkanes) is 51. The number of carbonyl (C=O) groups is 4. The summed E-state index contributed by atoms with van der Waals surface area (Å²) in [4.78, 5) is 72.9. The fourth-order valence-corrected chi connectivity index (χ4v) is 13.8. The van der Waals surface area contributed by atoms with Crippen molar-refractivity contribution in [2.75, 3.05) is 39.6 Å². The second kappa shape index (κ2) is 72.0. The van der Waals surface area contributed by atoms with Crippen LogP contribution in [0.4, 0.5) is 0 Å². The first-order valence-corrected chi connectivity index (χ1v) is 44.1. The summed E-state index contributed by atoms with van der Waals surface area (Å²) in [5.41, 5.74) is 0. The van der Waals surface area contributed by atoms with Gasteiger partial charge in [-0.2, -0.15) is 0 Å². The van der Waals surface area contributed by atoms with Gasteiger partial charge in [-0.15, -0.1) is 0 Å². The number of ether oxygens (including phenoxy) is 4. The van der Waals surface area contributed by atoms with Gasteiger partial charge in [-0.3, -0.25) is 37.3 Å². The molecule has 0 saturated carbocycles. The molecule has 0 aliphatic heterocycles. The van der Waals surface area contributed by atoms with E-state index in [2.05, 4.69) is 34.6 Å². The Morgan fingerprint density at radius 1 is 0.276 bits per heavy atom. The number of aliphatic hydroxyl groups is 1. The predicted octanol–water partition coefficient (Wildman–Crippen LogP) is 23.6. The summed E-state index contributed by atoms with van der Waals surface area (Å²) in [6.45, 7) is 7.30. The van der Waals surface area contributed by atoms with Crippen molar-refractivity contribution in [1.29, 1.82) is 0 Å². The lowest BCUT2D eigenvalue weighted by molar-refractivity contribution is -0.161. The van der Waals surface area contributed by atoms with E-state index in [0.29, 0.717) is 25.7 Å². The molecule has 0 fully saturated rings. The van der Waals surface area contributed by atoms with Crippen LogP contribution in [-0.2, 0) is 65.4 Å². The zero-order chi connectivity index (χ0) is 71.9. The number of hydrogen-bond donors (Lipinski definition) is 3. The number of hydrogen-bond acceptors (Lipinski definition) is 15. The second-order valence-corrected chi connectivity index (χ2v) is 31.8. The Kier molecular flexibility index (Phi) is 70.6. The lowest BCUT2D eigenvalue weighted by atomic mass is 10.0. The van der Waals surface area contributed by atoms with Crippen molar-refractivity contribution < 1.29 is 80.2 Å². The van der Waals surface area contributed by atoms with Crippen molar-refractivity contribution in [1.82, 2.24) is 0 Å². The van der Waals surface area contributed by atoms with Gasteiger partial charge in [-0.05, 0) is 31.6 Å². The molecule has 0 aromatic carbocycles. The Balaban J connectivity index is 5.23. The fraction of sp³-hybridized carbons (Fsp3) is 0.949. The first-order chi connectivity index (χ1) is 47.5. The van der Waals surface area contributed by atoms with Crippen LogP contribution in [0.15, 0.2) is 0 Å². The second-order valence-electron chi connectivity index (χ2n) is 28.9. The van der Waals surface area contributed by atoms with Gasteiger partial charge in [0.1, 0.15) is 19.3 Å². The molecule has 98 heavy (non-hydrogen) atoms. The van der Waals surface area contributed by atoms with E-state index in [0.717, 1.165) is 95.8 Å². The lowest BCUT2D eigenvalue weighted by Gasteiger charge is -2.21. The zero-order valence-corrected chi connectivity index (χ0v) is 65.7. The molecule has 0 aromatic heterocycles. The predicted molar refractivity (Wildman–Crippen MR) is 400 cm³/mol. The minimum Gasteiger partial charge on any atom is -0.462 e. The van der Waals surface area contributed by atoms with Crippen molar-refractivity contribution in [2.24, 2.45) is 5.92 Å². The molecule has 3 N–H and O–H groups in total. The molecule has 0 radical (unpaired) electrons. The van der Waals surface area contributed by atoms with E-state index in [9.17, 15) is 43.2 Å². The molecule has 2 unspecified atom stereocenters. The molecule has 0 aromatic rings. The van der Waals surface area contributed by atoms with E-state index in [1.807, 2.05) is 0 Å². The number of rotatable bonds is 79. The number of phosphoric acid groups is 2. The highest BCUT2D eigenvalue weighted by Crippen LogP contribution is 2.45. The Morgan fingerprint density at radius 2 is 0.469 bits per heavy atom. The van der Waals surface area contributed by atoms with Gasteiger partial charge >= 0.3 is 39.5 Å². The van der Waals surface area contributed by atoms with E-state index in [1.165, 1.54) is 244 Å². The van der Waals surface area contributed by atoms with E-state index < -0.39 is 97.5 Å². The molecule has 5 atom stereocenters. The Bertz CT molecular complexity index is 1870. The van der Waals surface area contributed by atoms with Crippen LogP contribution in [0.3, 0.4) is 0 Å². The van der Waals surface area contributed by atoms with Gasteiger partial charge in [0, 0.05) is 25.7 Å². The van der Waals surface area contributed by atoms with Crippen molar-refractivity contribution in [2.45, 2.75) is 438 Å². The molecule has 582 valence electrons.